The number of carbonyl (C=O) groups excluding carboxylic acids is 1. The number of hydroxylamine groups is 2. The summed E-state index contributed by atoms with van der Waals surface area (Å²) in [6, 6.07) is 4.01. The summed E-state index contributed by atoms with van der Waals surface area (Å²) in [6.07, 6.45) is 4.62. The van der Waals surface area contributed by atoms with Gasteiger partial charge in [-0.25, -0.2) is 5.06 Å². The number of hydrogen-bond donors (Lipinski definition) is 1. The fourth-order valence-corrected chi connectivity index (χ4v) is 2.18. The van der Waals surface area contributed by atoms with E-state index in [1.165, 1.54) is 10.6 Å². The van der Waals surface area contributed by atoms with Crippen LogP contribution in [0.5, 0.6) is 0 Å². The number of hydrogen-bond acceptors (Lipinski definition) is 5. The second-order valence-electron chi connectivity index (χ2n) is 6.74. The third-order valence-corrected chi connectivity index (χ3v) is 3.23. The molecule has 0 bridgehead atoms. The van der Waals surface area contributed by atoms with Crippen molar-refractivity contribution < 1.29 is 9.63 Å². The van der Waals surface area contributed by atoms with Crippen LogP contribution in [0.15, 0.2) is 18.3 Å². The van der Waals surface area contributed by atoms with Crippen LogP contribution in [-0.4, -0.2) is 53.6 Å². The molecule has 6 heteroatoms. The van der Waals surface area contributed by atoms with Crippen LogP contribution in [0.3, 0.4) is 0 Å². The van der Waals surface area contributed by atoms with E-state index in [-0.39, 0.29) is 0 Å². The number of likely N-dealkylation sites (N-methyl/N-ethyl adjacent to an activating group) is 1. The minimum absolute atomic E-state index is 0.348. The number of aryl methyl sites for hydroxylation is 1. The Bertz CT molecular complexity index is 457. The van der Waals surface area contributed by atoms with E-state index in [4.69, 9.17) is 10.6 Å². The Morgan fingerprint density at radius 1 is 1.30 bits per heavy atom. The first kappa shape index (κ1) is 19.5. The molecule has 0 aliphatic rings. The molecule has 0 aliphatic heterocycles. The molecule has 1 heterocycles. The van der Waals surface area contributed by atoms with Gasteiger partial charge in [-0.1, -0.05) is 6.07 Å². The maximum Gasteiger partial charge on any atom is 0.233 e. The van der Waals surface area contributed by atoms with Crippen LogP contribution in [0.4, 0.5) is 0 Å². The van der Waals surface area contributed by atoms with Crippen molar-refractivity contribution in [2.24, 2.45) is 5.73 Å². The summed E-state index contributed by atoms with van der Waals surface area (Å²) in [5, 5.41) is 1.28. The highest BCUT2D eigenvalue weighted by Crippen LogP contribution is 2.12. The first-order chi connectivity index (χ1) is 10.8. The molecule has 0 spiro atoms. The van der Waals surface area contributed by atoms with Gasteiger partial charge in [0.15, 0.2) is 0 Å². The van der Waals surface area contributed by atoms with Gasteiger partial charge < -0.3 is 10.6 Å². The van der Waals surface area contributed by atoms with Crippen molar-refractivity contribution in [3.8, 4) is 0 Å². The van der Waals surface area contributed by atoms with Crippen molar-refractivity contribution in [3.05, 3.63) is 29.6 Å². The normalized spacial score (nSPS) is 11.7. The fraction of sp³-hybridized carbons (Fsp3) is 0.647. The number of rotatable bonds is 10. The molecule has 0 radical (unpaired) electrons. The third-order valence-electron chi connectivity index (χ3n) is 3.23. The van der Waals surface area contributed by atoms with Gasteiger partial charge in [0.2, 0.25) is 6.41 Å². The number of nitrogens with zero attached hydrogens (tertiary/aromatic N) is 3. The monoisotopic (exact) mass is 322 g/mol. The smallest absolute Gasteiger partial charge is 0.233 e. The maximum absolute atomic E-state index is 11.1. The lowest BCUT2D eigenvalue weighted by atomic mass is 10.1. The van der Waals surface area contributed by atoms with Crippen LogP contribution in [-0.2, 0) is 22.6 Å². The summed E-state index contributed by atoms with van der Waals surface area (Å²) in [4.78, 5) is 23.3. The highest BCUT2D eigenvalue weighted by molar-refractivity contribution is 5.45. The van der Waals surface area contributed by atoms with Crippen molar-refractivity contribution in [1.82, 2.24) is 14.9 Å². The Hall–Kier alpha value is -1.50. The molecular weight excluding hydrogens is 292 g/mol. The highest BCUT2D eigenvalue weighted by atomic mass is 16.7. The molecule has 23 heavy (non-hydrogen) atoms. The number of pyridine rings is 1. The number of aromatic nitrogens is 1. The summed E-state index contributed by atoms with van der Waals surface area (Å²) in [6.45, 7) is 8.70. The van der Waals surface area contributed by atoms with Gasteiger partial charge in [-0.05, 0) is 58.8 Å². The molecule has 0 unspecified atom stereocenters. The molecule has 130 valence electrons. The molecule has 2 N–H and O–H groups in total. The lowest BCUT2D eigenvalue weighted by molar-refractivity contribution is -0.220. The zero-order valence-corrected chi connectivity index (χ0v) is 14.8. The Kier molecular flexibility index (Phi) is 8.16. The van der Waals surface area contributed by atoms with Crippen LogP contribution < -0.4 is 5.73 Å². The lowest BCUT2D eigenvalue weighted by Gasteiger charge is -2.26. The molecule has 0 saturated carbocycles. The quantitative estimate of drug-likeness (QED) is 0.523. The van der Waals surface area contributed by atoms with E-state index in [9.17, 15) is 4.79 Å². The van der Waals surface area contributed by atoms with E-state index in [0.29, 0.717) is 19.5 Å². The van der Waals surface area contributed by atoms with Crippen molar-refractivity contribution in [2.45, 2.75) is 45.8 Å². The molecule has 0 aromatic carbocycles. The van der Waals surface area contributed by atoms with Gasteiger partial charge in [-0.15, -0.1) is 0 Å². The highest BCUT2D eigenvalue weighted by Gasteiger charge is 2.16. The van der Waals surface area contributed by atoms with Crippen molar-refractivity contribution in [2.75, 3.05) is 26.7 Å². The Morgan fingerprint density at radius 3 is 2.57 bits per heavy atom. The predicted octanol–water partition coefficient (Wildman–Crippen LogP) is 1.59. The standard InChI is InChI=1S/C17H30N4O2/c1-17(2,3)23-21(14-22)13-16-8-7-15(12-19-16)6-5-10-20(4)11-9-18/h7-8,12,14H,5-6,9-11,13,18H2,1-4H3. The zero-order chi connectivity index (χ0) is 17.3. The molecule has 1 amide bonds. The molecule has 0 atom stereocenters. The van der Waals surface area contributed by atoms with E-state index in [1.807, 2.05) is 33.0 Å². The third kappa shape index (κ3) is 8.64. The van der Waals surface area contributed by atoms with Crippen LogP contribution in [0.2, 0.25) is 0 Å². The number of carbonyl (C=O) groups is 1. The second kappa shape index (κ2) is 9.60. The van der Waals surface area contributed by atoms with Gasteiger partial charge in [-0.3, -0.25) is 14.6 Å². The van der Waals surface area contributed by atoms with E-state index in [0.717, 1.165) is 31.6 Å². The molecule has 1 rings (SSSR count). The first-order valence-electron chi connectivity index (χ1n) is 8.07. The van der Waals surface area contributed by atoms with Crippen LogP contribution in [0.1, 0.15) is 38.4 Å². The lowest BCUT2D eigenvalue weighted by Crippen LogP contribution is -2.32. The number of nitrogens with two attached hydrogens (primary N) is 1. The molecular formula is C17H30N4O2. The first-order valence-corrected chi connectivity index (χ1v) is 8.07. The largest absolute Gasteiger partial charge is 0.329 e. The van der Waals surface area contributed by atoms with Gasteiger partial charge in [0.1, 0.15) is 0 Å². The minimum atomic E-state index is -0.406. The van der Waals surface area contributed by atoms with Gasteiger partial charge in [0.05, 0.1) is 17.8 Å². The van der Waals surface area contributed by atoms with Gasteiger partial charge in [0, 0.05) is 19.3 Å². The summed E-state index contributed by atoms with van der Waals surface area (Å²) in [5.41, 5.74) is 7.13. The van der Waals surface area contributed by atoms with Crippen molar-refractivity contribution in [1.29, 1.82) is 0 Å². The Morgan fingerprint density at radius 2 is 2.04 bits per heavy atom. The summed E-state index contributed by atoms with van der Waals surface area (Å²) < 4.78 is 0. The van der Waals surface area contributed by atoms with E-state index >= 15 is 0 Å². The molecule has 0 fully saturated rings. The van der Waals surface area contributed by atoms with Crippen LogP contribution in [0, 0.1) is 0 Å². The summed E-state index contributed by atoms with van der Waals surface area (Å²) in [5.74, 6) is 0. The van der Waals surface area contributed by atoms with Crippen molar-refractivity contribution >= 4 is 6.41 Å². The Labute approximate surface area is 139 Å². The Balaban J connectivity index is 2.45. The van der Waals surface area contributed by atoms with Gasteiger partial charge in [-0.2, -0.15) is 0 Å². The summed E-state index contributed by atoms with van der Waals surface area (Å²) >= 11 is 0. The molecule has 0 saturated heterocycles. The predicted molar refractivity (Wildman–Crippen MR) is 91.6 cm³/mol. The average molecular weight is 322 g/mol. The molecule has 6 nitrogen and oxygen atoms in total. The fourth-order valence-electron chi connectivity index (χ4n) is 2.18. The minimum Gasteiger partial charge on any atom is -0.329 e. The number of amides is 1. The second-order valence-corrected chi connectivity index (χ2v) is 6.74. The molecule has 0 aliphatic carbocycles. The van der Waals surface area contributed by atoms with E-state index in [1.54, 1.807) is 0 Å². The maximum atomic E-state index is 11.1. The molecule has 1 aromatic rings. The summed E-state index contributed by atoms with van der Waals surface area (Å²) in [7, 11) is 2.08. The van der Waals surface area contributed by atoms with Crippen LogP contribution >= 0.6 is 0 Å². The average Bonchev–Trinajstić information content (AvgIpc) is 2.47. The topological polar surface area (TPSA) is 71.7 Å². The van der Waals surface area contributed by atoms with Gasteiger partial charge in [0.25, 0.3) is 0 Å². The molecule has 1 aromatic heterocycles. The van der Waals surface area contributed by atoms with Crippen molar-refractivity contribution in [3.63, 3.8) is 0 Å². The van der Waals surface area contributed by atoms with Gasteiger partial charge >= 0.3 is 0 Å². The SMILES string of the molecule is CN(CCN)CCCc1ccc(CN(C=O)OC(C)(C)C)nc1. The van der Waals surface area contributed by atoms with E-state index in [2.05, 4.69) is 23.0 Å². The van der Waals surface area contributed by atoms with Crippen LogP contribution in [0.25, 0.3) is 0 Å². The van der Waals surface area contributed by atoms with E-state index < -0.39 is 5.60 Å². The zero-order valence-electron chi connectivity index (χ0n) is 14.8.